The van der Waals surface area contributed by atoms with Crippen LogP contribution in [0.1, 0.15) is 41.4 Å². The molecule has 1 N–H and O–H groups in total. The van der Waals surface area contributed by atoms with Crippen molar-refractivity contribution in [2.24, 2.45) is 5.92 Å². The van der Waals surface area contributed by atoms with Gasteiger partial charge in [0.25, 0.3) is 6.43 Å². The Morgan fingerprint density at radius 1 is 1.60 bits per heavy atom. The van der Waals surface area contributed by atoms with E-state index >= 15 is 0 Å². The number of aromatic nitrogens is 1. The summed E-state index contributed by atoms with van der Waals surface area (Å²) in [6.45, 7) is 0. The van der Waals surface area contributed by atoms with E-state index in [2.05, 4.69) is 4.98 Å². The highest BCUT2D eigenvalue weighted by Crippen LogP contribution is 2.33. The Bertz CT molecular complexity index is 385. The zero-order valence-electron chi connectivity index (χ0n) is 7.74. The van der Waals surface area contributed by atoms with Gasteiger partial charge in [0.15, 0.2) is 11.6 Å². The van der Waals surface area contributed by atoms with Gasteiger partial charge in [0.2, 0.25) is 5.76 Å². The summed E-state index contributed by atoms with van der Waals surface area (Å²) in [6.07, 6.45) is -0.413. The summed E-state index contributed by atoms with van der Waals surface area (Å²) in [7, 11) is 0. The summed E-state index contributed by atoms with van der Waals surface area (Å²) in [4.78, 5) is 14.1. The van der Waals surface area contributed by atoms with E-state index in [1.807, 2.05) is 0 Å². The lowest BCUT2D eigenvalue weighted by atomic mass is 10.3. The number of aromatic carboxylic acids is 1. The van der Waals surface area contributed by atoms with Crippen LogP contribution in [0.15, 0.2) is 4.42 Å². The summed E-state index contributed by atoms with van der Waals surface area (Å²) in [5.41, 5.74) is -0.766. The van der Waals surface area contributed by atoms with E-state index in [1.165, 1.54) is 0 Å². The van der Waals surface area contributed by atoms with Crippen molar-refractivity contribution in [3.8, 4) is 0 Å². The van der Waals surface area contributed by atoms with Crippen LogP contribution in [0.4, 0.5) is 8.78 Å². The third-order valence-corrected chi connectivity index (χ3v) is 2.26. The molecular formula is C9H9F2NO3. The van der Waals surface area contributed by atoms with Crippen LogP contribution < -0.4 is 0 Å². The Hall–Kier alpha value is -1.46. The molecule has 0 atom stereocenters. The van der Waals surface area contributed by atoms with Gasteiger partial charge < -0.3 is 9.52 Å². The van der Waals surface area contributed by atoms with Crippen molar-refractivity contribution in [3.63, 3.8) is 0 Å². The average molecular weight is 217 g/mol. The second-order valence-corrected chi connectivity index (χ2v) is 3.58. The van der Waals surface area contributed by atoms with E-state index in [1.54, 1.807) is 0 Å². The molecule has 4 nitrogen and oxygen atoms in total. The number of nitrogens with zero attached hydrogens (tertiary/aromatic N) is 1. The molecule has 6 heteroatoms. The Morgan fingerprint density at radius 2 is 2.27 bits per heavy atom. The smallest absolute Gasteiger partial charge is 0.374 e. The van der Waals surface area contributed by atoms with Gasteiger partial charge in [-0.1, -0.05) is 0 Å². The van der Waals surface area contributed by atoms with Crippen molar-refractivity contribution in [1.82, 2.24) is 4.98 Å². The average Bonchev–Trinajstić information content (AvgIpc) is 2.81. The number of rotatable bonds is 4. The molecule has 82 valence electrons. The van der Waals surface area contributed by atoms with Crippen molar-refractivity contribution >= 4 is 5.97 Å². The molecule has 15 heavy (non-hydrogen) atoms. The number of alkyl halides is 2. The predicted octanol–water partition coefficient (Wildman–Crippen LogP) is 2.26. The highest BCUT2D eigenvalue weighted by Gasteiger charge is 2.29. The van der Waals surface area contributed by atoms with Crippen LogP contribution in [0.2, 0.25) is 0 Å². The molecule has 0 aliphatic heterocycles. The van der Waals surface area contributed by atoms with Crippen LogP contribution in [0.3, 0.4) is 0 Å². The van der Waals surface area contributed by atoms with Crippen LogP contribution in [0.25, 0.3) is 0 Å². The second-order valence-electron chi connectivity index (χ2n) is 3.58. The largest absolute Gasteiger partial charge is 0.475 e. The number of carboxylic acid groups (broad SMARTS) is 1. The summed E-state index contributed by atoms with van der Waals surface area (Å²) in [5.74, 6) is -1.72. The number of hydrogen-bond donors (Lipinski definition) is 1. The lowest BCUT2D eigenvalue weighted by Gasteiger charge is -1.91. The van der Waals surface area contributed by atoms with E-state index in [9.17, 15) is 13.6 Å². The molecular weight excluding hydrogens is 208 g/mol. The Balaban J connectivity index is 2.25. The molecule has 1 aliphatic carbocycles. The maximum atomic E-state index is 12.4. The minimum Gasteiger partial charge on any atom is -0.475 e. The van der Waals surface area contributed by atoms with Crippen molar-refractivity contribution in [2.75, 3.05) is 0 Å². The number of oxazole rings is 1. The molecule has 1 heterocycles. The minimum absolute atomic E-state index is 0.102. The van der Waals surface area contributed by atoms with Gasteiger partial charge in [-0.3, -0.25) is 0 Å². The summed E-state index contributed by atoms with van der Waals surface area (Å²) in [5, 5.41) is 8.61. The Morgan fingerprint density at radius 3 is 2.67 bits per heavy atom. The Labute approximate surface area is 83.9 Å². The maximum Gasteiger partial charge on any atom is 0.374 e. The number of carboxylic acids is 1. The first kappa shape index (κ1) is 10.1. The van der Waals surface area contributed by atoms with Crippen molar-refractivity contribution in [2.45, 2.75) is 25.7 Å². The molecule has 1 fully saturated rings. The van der Waals surface area contributed by atoms with Gasteiger partial charge >= 0.3 is 5.97 Å². The van der Waals surface area contributed by atoms with Gasteiger partial charge in [-0.25, -0.2) is 18.6 Å². The van der Waals surface area contributed by atoms with Gasteiger partial charge in [-0.05, 0) is 18.8 Å². The van der Waals surface area contributed by atoms with Gasteiger partial charge in [0.05, 0.1) is 0 Å². The fourth-order valence-corrected chi connectivity index (χ4v) is 1.34. The highest BCUT2D eigenvalue weighted by molar-refractivity contribution is 5.85. The molecule has 0 unspecified atom stereocenters. The van der Waals surface area contributed by atoms with Gasteiger partial charge in [0, 0.05) is 6.42 Å². The summed E-state index contributed by atoms with van der Waals surface area (Å²) < 4.78 is 29.5. The molecule has 0 spiro atoms. The standard InChI is InChI=1S/C9H9F2NO3/c10-8(11)6-7(9(13)14)15-5(12-6)3-4-1-2-4/h4,8H,1-3H2,(H,13,14). The number of hydrogen-bond acceptors (Lipinski definition) is 3. The molecule has 0 bridgehead atoms. The zero-order chi connectivity index (χ0) is 11.0. The molecule has 0 radical (unpaired) electrons. The SMILES string of the molecule is O=C(O)c1oc(CC2CC2)nc1C(F)F. The minimum atomic E-state index is -2.91. The quantitative estimate of drug-likeness (QED) is 0.840. The highest BCUT2D eigenvalue weighted by atomic mass is 19.3. The van der Waals surface area contributed by atoms with E-state index < -0.39 is 23.8 Å². The van der Waals surface area contributed by atoms with E-state index in [-0.39, 0.29) is 5.89 Å². The van der Waals surface area contributed by atoms with Crippen LogP contribution in [-0.2, 0) is 6.42 Å². The predicted molar refractivity (Wildman–Crippen MR) is 44.8 cm³/mol. The molecule has 1 aromatic heterocycles. The fourth-order valence-electron chi connectivity index (χ4n) is 1.34. The van der Waals surface area contributed by atoms with Gasteiger partial charge in [-0.15, -0.1) is 0 Å². The van der Waals surface area contributed by atoms with Crippen LogP contribution in [0.5, 0.6) is 0 Å². The fraction of sp³-hybridized carbons (Fsp3) is 0.556. The van der Waals surface area contributed by atoms with Crippen molar-refractivity contribution in [1.29, 1.82) is 0 Å². The molecule has 1 saturated carbocycles. The lowest BCUT2D eigenvalue weighted by Crippen LogP contribution is -1.99. The van der Waals surface area contributed by atoms with Crippen LogP contribution in [0, 0.1) is 5.92 Å². The lowest BCUT2D eigenvalue weighted by molar-refractivity contribution is 0.0644. The first-order valence-corrected chi connectivity index (χ1v) is 4.59. The number of halogens is 2. The third-order valence-electron chi connectivity index (χ3n) is 2.26. The van der Waals surface area contributed by atoms with Crippen LogP contribution in [-0.4, -0.2) is 16.1 Å². The Kier molecular flexibility index (Phi) is 2.42. The van der Waals surface area contributed by atoms with Crippen molar-refractivity contribution in [3.05, 3.63) is 17.3 Å². The zero-order valence-corrected chi connectivity index (χ0v) is 7.74. The molecule has 2 rings (SSSR count). The molecule has 0 saturated heterocycles. The molecule has 0 aromatic carbocycles. The van der Waals surface area contributed by atoms with Gasteiger partial charge in [-0.2, -0.15) is 0 Å². The van der Waals surface area contributed by atoms with Crippen LogP contribution >= 0.6 is 0 Å². The monoisotopic (exact) mass is 217 g/mol. The third kappa shape index (κ3) is 2.14. The molecule has 1 aliphatic rings. The molecule has 0 amide bonds. The summed E-state index contributed by atoms with van der Waals surface area (Å²) >= 11 is 0. The van der Waals surface area contributed by atoms with E-state index in [0.29, 0.717) is 12.3 Å². The van der Waals surface area contributed by atoms with Gasteiger partial charge in [0.1, 0.15) is 0 Å². The van der Waals surface area contributed by atoms with Crippen molar-refractivity contribution < 1.29 is 23.1 Å². The summed E-state index contributed by atoms with van der Waals surface area (Å²) in [6, 6.07) is 0. The molecule has 1 aromatic rings. The second kappa shape index (κ2) is 3.60. The number of carbonyl (C=O) groups is 1. The maximum absolute atomic E-state index is 12.4. The topological polar surface area (TPSA) is 63.3 Å². The van der Waals surface area contributed by atoms with E-state index in [0.717, 1.165) is 12.8 Å². The van der Waals surface area contributed by atoms with E-state index in [4.69, 9.17) is 9.52 Å². The first-order valence-electron chi connectivity index (χ1n) is 4.59. The normalized spacial score (nSPS) is 15.9. The first-order chi connectivity index (χ1) is 7.08.